The molecule has 5 atom stereocenters. The molecule has 0 aromatic carbocycles. The first kappa shape index (κ1) is 44.5. The third-order valence-electron chi connectivity index (χ3n) is 11.1. The van der Waals surface area contributed by atoms with Crippen LogP contribution in [0.4, 0.5) is 0 Å². The van der Waals surface area contributed by atoms with Gasteiger partial charge in [-0.15, -0.1) is 11.3 Å². The number of hydrogen-bond donors (Lipinski definition) is 0. The van der Waals surface area contributed by atoms with E-state index in [1.165, 1.54) is 11.3 Å². The van der Waals surface area contributed by atoms with E-state index >= 15 is 0 Å². The largest absolute Gasteiger partial charge is 0.461 e. The van der Waals surface area contributed by atoms with Gasteiger partial charge in [-0.25, -0.2) is 9.78 Å². The molecule has 0 N–H and O–H groups in total. The van der Waals surface area contributed by atoms with Crippen LogP contribution in [-0.4, -0.2) is 86.4 Å². The Morgan fingerprint density at radius 2 is 1.66 bits per heavy atom. The molecule has 1 aromatic heterocycles. The van der Waals surface area contributed by atoms with Crippen molar-refractivity contribution in [2.75, 3.05) is 33.5 Å². The topological polar surface area (TPSA) is 98.3 Å². The summed E-state index contributed by atoms with van der Waals surface area (Å²) in [5.74, 6) is -0.556. The Hall–Kier alpha value is -1.66. The molecule has 2 heterocycles. The highest BCUT2D eigenvalue weighted by Gasteiger charge is 2.41. The van der Waals surface area contributed by atoms with Crippen molar-refractivity contribution in [2.45, 2.75) is 163 Å². The number of rotatable bonds is 25. The first-order chi connectivity index (χ1) is 23.9. The van der Waals surface area contributed by atoms with Crippen molar-refractivity contribution >= 4 is 37.3 Å². The van der Waals surface area contributed by atoms with Gasteiger partial charge in [-0.1, -0.05) is 88.0 Å². The number of ether oxygens (including phenoxy) is 2. The number of unbranched alkanes of at least 4 members (excludes halogenated alkanes) is 2. The molecule has 1 amide bonds. The van der Waals surface area contributed by atoms with Gasteiger partial charge in [-0.3, -0.25) is 14.5 Å². The molecule has 50 heavy (non-hydrogen) atoms. The second-order valence-electron chi connectivity index (χ2n) is 14.8. The van der Waals surface area contributed by atoms with Gasteiger partial charge in [0.25, 0.3) is 0 Å². The molecule has 1 aliphatic rings. The number of carbonyl (C=O) groups excluding carboxylic acids is 3. The highest BCUT2D eigenvalue weighted by Crippen LogP contribution is 2.37. The summed E-state index contributed by atoms with van der Waals surface area (Å²) in [6.07, 6.45) is 7.87. The van der Waals surface area contributed by atoms with Crippen molar-refractivity contribution in [2.24, 2.45) is 17.8 Å². The predicted molar refractivity (Wildman–Crippen MR) is 207 cm³/mol. The minimum atomic E-state index is -2.13. The molecule has 11 heteroatoms. The molecule has 0 radical (unpaired) electrons. The Morgan fingerprint density at radius 1 is 1.00 bits per heavy atom. The lowest BCUT2D eigenvalue weighted by molar-refractivity contribution is -0.151. The van der Waals surface area contributed by atoms with Gasteiger partial charge in [0.1, 0.15) is 11.7 Å². The Balaban J connectivity index is 2.55. The van der Waals surface area contributed by atoms with E-state index in [0.717, 1.165) is 81.1 Å². The molecular formula is C39H71N3O6SSi. The number of amides is 1. The summed E-state index contributed by atoms with van der Waals surface area (Å²) in [4.78, 5) is 50.5. The van der Waals surface area contributed by atoms with E-state index in [4.69, 9.17) is 18.9 Å². The van der Waals surface area contributed by atoms with Crippen LogP contribution in [0.1, 0.15) is 148 Å². The average molecular weight is 738 g/mol. The molecule has 0 spiro atoms. The Morgan fingerprint density at radius 3 is 2.24 bits per heavy atom. The summed E-state index contributed by atoms with van der Waals surface area (Å²) >= 11 is 1.44. The van der Waals surface area contributed by atoms with Crippen LogP contribution >= 0.6 is 11.3 Å². The van der Waals surface area contributed by atoms with Crippen LogP contribution in [0.2, 0.25) is 18.1 Å². The van der Waals surface area contributed by atoms with Crippen molar-refractivity contribution < 1.29 is 28.3 Å². The third-order valence-corrected chi connectivity index (χ3v) is 16.6. The van der Waals surface area contributed by atoms with E-state index in [1.54, 1.807) is 5.38 Å². The van der Waals surface area contributed by atoms with Gasteiger partial charge in [-0.05, 0) is 75.7 Å². The zero-order valence-corrected chi connectivity index (χ0v) is 35.1. The second kappa shape index (κ2) is 23.1. The van der Waals surface area contributed by atoms with Gasteiger partial charge < -0.3 is 18.8 Å². The van der Waals surface area contributed by atoms with E-state index in [-0.39, 0.29) is 54.9 Å². The maximum absolute atomic E-state index is 14.9. The summed E-state index contributed by atoms with van der Waals surface area (Å²) in [5.41, 5.74) is 0.312. The molecule has 0 aliphatic carbocycles. The summed E-state index contributed by atoms with van der Waals surface area (Å²) in [6, 6.07) is 2.55. The highest BCUT2D eigenvalue weighted by atomic mass is 32.1. The molecule has 9 nitrogen and oxygen atoms in total. The molecule has 0 saturated carbocycles. The molecule has 288 valence electrons. The highest BCUT2D eigenvalue weighted by molar-refractivity contribution is 7.09. The van der Waals surface area contributed by atoms with Gasteiger partial charge in [0.15, 0.2) is 19.8 Å². The lowest BCUT2D eigenvalue weighted by atomic mass is 9.82. The number of piperidine rings is 1. The third kappa shape index (κ3) is 13.1. The van der Waals surface area contributed by atoms with E-state index in [1.807, 2.05) is 11.9 Å². The van der Waals surface area contributed by atoms with E-state index in [2.05, 4.69) is 67.2 Å². The number of esters is 1. The number of carbonyl (C=O) groups is 3. The zero-order valence-electron chi connectivity index (χ0n) is 33.3. The Bertz CT molecular complexity index is 1140. The summed E-state index contributed by atoms with van der Waals surface area (Å²) in [7, 11) is -0.0999. The van der Waals surface area contributed by atoms with E-state index in [0.29, 0.717) is 25.3 Å². The van der Waals surface area contributed by atoms with Crippen molar-refractivity contribution in [1.82, 2.24) is 14.8 Å². The number of thiazole rings is 1. The molecule has 1 fully saturated rings. The number of aromatic nitrogens is 1. The van der Waals surface area contributed by atoms with E-state index < -0.39 is 20.2 Å². The maximum atomic E-state index is 14.9. The SMILES string of the molecule is CCCCOCN(C(=O)[C@@H](CC(=O)[C@H]1CCCCN1C)[C@@H](C)CC)[C@H](C[C@@H](O[Si](CC)(CC)CC)c1nc(C(=O)OCCCC)cs1)C(C)C. The minimum absolute atomic E-state index is 0.00979. The number of Topliss-reactive ketones (excluding diaryl/α,β-unsaturated/α-hetero) is 1. The second-order valence-corrected chi connectivity index (χ2v) is 20.4. The quantitative estimate of drug-likeness (QED) is 0.0424. The molecule has 1 saturated heterocycles. The molecule has 0 unspecified atom stereocenters. The van der Waals surface area contributed by atoms with Crippen LogP contribution in [-0.2, 0) is 23.5 Å². The number of ketones is 1. The van der Waals surface area contributed by atoms with Crippen LogP contribution in [0.3, 0.4) is 0 Å². The van der Waals surface area contributed by atoms with Gasteiger partial charge in [0.05, 0.1) is 18.8 Å². The lowest BCUT2D eigenvalue weighted by Gasteiger charge is -2.41. The normalized spacial score (nSPS) is 18.1. The molecule has 1 aliphatic heterocycles. The fraction of sp³-hybridized carbons (Fsp3) is 0.846. The van der Waals surface area contributed by atoms with Gasteiger partial charge in [0, 0.05) is 30.4 Å². The van der Waals surface area contributed by atoms with Crippen molar-refractivity contribution in [3.63, 3.8) is 0 Å². The Labute approximate surface area is 309 Å². The first-order valence-corrected chi connectivity index (χ1v) is 23.2. The lowest BCUT2D eigenvalue weighted by Crippen LogP contribution is -2.51. The smallest absolute Gasteiger partial charge is 0.357 e. The van der Waals surface area contributed by atoms with Crippen LogP contribution in [0.5, 0.6) is 0 Å². The van der Waals surface area contributed by atoms with Crippen molar-refractivity contribution in [3.05, 3.63) is 16.1 Å². The van der Waals surface area contributed by atoms with Crippen LogP contribution in [0, 0.1) is 17.8 Å². The van der Waals surface area contributed by atoms with Crippen molar-refractivity contribution in [3.8, 4) is 0 Å². The van der Waals surface area contributed by atoms with E-state index in [9.17, 15) is 14.4 Å². The number of likely N-dealkylation sites (tertiary alicyclic amines) is 1. The average Bonchev–Trinajstić information content (AvgIpc) is 3.61. The van der Waals surface area contributed by atoms with Crippen LogP contribution in [0.25, 0.3) is 0 Å². The standard InChI is InChI=1S/C39H71N3O6SSi/c1-11-17-23-46-28-42(38(44)31(30(9)13-3)25-35(43)33-21-19-20-22-41(33)10)34(29(7)8)26-36(48-50(14-4,15-5)16-6)37-40-32(27-49-37)39(45)47-24-18-12-2/h27,29-31,33-34,36H,11-26,28H2,1-10H3/t30-,31-,33+,34+,36+/m0/s1. The molecule has 0 bridgehead atoms. The number of nitrogens with zero attached hydrogens (tertiary/aromatic N) is 3. The first-order valence-electron chi connectivity index (χ1n) is 19.8. The fourth-order valence-corrected chi connectivity index (χ4v) is 10.7. The van der Waals surface area contributed by atoms with Gasteiger partial charge >= 0.3 is 5.97 Å². The Kier molecular flexibility index (Phi) is 20.6. The predicted octanol–water partition coefficient (Wildman–Crippen LogP) is 9.29. The van der Waals surface area contributed by atoms with Gasteiger partial charge in [-0.2, -0.15) is 0 Å². The monoisotopic (exact) mass is 737 g/mol. The van der Waals surface area contributed by atoms with Crippen LogP contribution < -0.4 is 0 Å². The molecular weight excluding hydrogens is 667 g/mol. The summed E-state index contributed by atoms with van der Waals surface area (Å²) in [5, 5.41) is 2.53. The zero-order chi connectivity index (χ0) is 37.3. The van der Waals surface area contributed by atoms with Gasteiger partial charge in [0.2, 0.25) is 5.91 Å². The summed E-state index contributed by atoms with van der Waals surface area (Å²) < 4.78 is 18.9. The summed E-state index contributed by atoms with van der Waals surface area (Å²) in [6.45, 7) is 21.4. The minimum Gasteiger partial charge on any atom is -0.461 e. The maximum Gasteiger partial charge on any atom is 0.357 e. The van der Waals surface area contributed by atoms with Crippen molar-refractivity contribution in [1.29, 1.82) is 0 Å². The number of hydrogen-bond acceptors (Lipinski definition) is 9. The fourth-order valence-electron chi connectivity index (χ4n) is 6.99. The molecule has 2 rings (SSSR count). The number of likely N-dealkylation sites (N-methyl/N-ethyl adjacent to an activating group) is 1. The van der Waals surface area contributed by atoms with Crippen LogP contribution in [0.15, 0.2) is 5.38 Å². The molecule has 1 aromatic rings.